The zero-order chi connectivity index (χ0) is 15.2. The molecule has 1 aliphatic heterocycles. The van der Waals surface area contributed by atoms with Gasteiger partial charge in [0.25, 0.3) is 0 Å². The molecule has 1 aliphatic carbocycles. The molecule has 2 aliphatic rings. The van der Waals surface area contributed by atoms with Crippen LogP contribution >= 0.6 is 0 Å². The average molecular weight is 296 g/mol. The molecule has 4 nitrogen and oxygen atoms in total. The van der Waals surface area contributed by atoms with Crippen molar-refractivity contribution < 1.29 is 9.53 Å². The van der Waals surface area contributed by atoms with Crippen LogP contribution in [0.5, 0.6) is 0 Å². The second-order valence-electron chi connectivity index (χ2n) is 7.25. The molecule has 2 rings (SSSR count). The summed E-state index contributed by atoms with van der Waals surface area (Å²) in [7, 11) is 0. The Morgan fingerprint density at radius 3 is 2.48 bits per heavy atom. The van der Waals surface area contributed by atoms with Crippen LogP contribution in [0.2, 0.25) is 0 Å². The predicted molar refractivity (Wildman–Crippen MR) is 85.3 cm³/mol. The third-order valence-electron chi connectivity index (χ3n) is 4.90. The van der Waals surface area contributed by atoms with Crippen LogP contribution in [-0.4, -0.2) is 43.3 Å². The Morgan fingerprint density at radius 2 is 1.81 bits per heavy atom. The van der Waals surface area contributed by atoms with Crippen molar-refractivity contribution >= 4 is 6.03 Å². The number of amides is 2. The van der Waals surface area contributed by atoms with Crippen molar-refractivity contribution in [2.45, 2.75) is 59.0 Å². The number of hydrogen-bond donors (Lipinski definition) is 1. The van der Waals surface area contributed by atoms with Crippen LogP contribution in [0.1, 0.15) is 52.9 Å². The van der Waals surface area contributed by atoms with E-state index in [1.165, 1.54) is 32.1 Å². The molecule has 0 aromatic carbocycles. The molecule has 0 spiro atoms. The minimum atomic E-state index is 0.0775. The number of nitrogens with zero attached hydrogens (tertiary/aromatic N) is 1. The van der Waals surface area contributed by atoms with Crippen LogP contribution in [0.4, 0.5) is 4.79 Å². The minimum absolute atomic E-state index is 0.0775. The molecule has 1 saturated carbocycles. The quantitative estimate of drug-likeness (QED) is 0.809. The van der Waals surface area contributed by atoms with Gasteiger partial charge in [-0.05, 0) is 37.0 Å². The number of ether oxygens (including phenoxy) is 1. The lowest BCUT2D eigenvalue weighted by Gasteiger charge is -2.35. The van der Waals surface area contributed by atoms with Gasteiger partial charge in [0.05, 0.1) is 12.7 Å². The number of hydrogen-bond acceptors (Lipinski definition) is 2. The molecule has 0 aromatic rings. The number of carbonyl (C=O) groups excluding carboxylic acids is 1. The largest absolute Gasteiger partial charge is 0.376 e. The lowest BCUT2D eigenvalue weighted by Crippen LogP contribution is -2.48. The van der Waals surface area contributed by atoms with Crippen LogP contribution in [0.25, 0.3) is 0 Å². The van der Waals surface area contributed by atoms with Gasteiger partial charge in [0.1, 0.15) is 0 Å². The molecule has 0 radical (unpaired) electrons. The number of rotatable bonds is 4. The van der Waals surface area contributed by atoms with Gasteiger partial charge < -0.3 is 15.0 Å². The smallest absolute Gasteiger partial charge is 0.317 e. The molecule has 2 amide bonds. The maximum Gasteiger partial charge on any atom is 0.317 e. The highest BCUT2D eigenvalue weighted by molar-refractivity contribution is 5.74. The first-order valence-electron chi connectivity index (χ1n) is 8.70. The summed E-state index contributed by atoms with van der Waals surface area (Å²) in [5, 5.41) is 3.01. The molecule has 0 aromatic heterocycles. The van der Waals surface area contributed by atoms with E-state index in [1.54, 1.807) is 0 Å². The van der Waals surface area contributed by atoms with E-state index in [4.69, 9.17) is 4.74 Å². The van der Waals surface area contributed by atoms with Crippen LogP contribution in [-0.2, 0) is 4.74 Å². The number of urea groups is 1. The van der Waals surface area contributed by atoms with Gasteiger partial charge in [0, 0.05) is 19.6 Å². The van der Waals surface area contributed by atoms with E-state index in [1.807, 2.05) is 4.90 Å². The van der Waals surface area contributed by atoms with E-state index in [0.717, 1.165) is 13.1 Å². The molecule has 1 saturated heterocycles. The van der Waals surface area contributed by atoms with E-state index < -0.39 is 0 Å². The highest BCUT2D eigenvalue weighted by atomic mass is 16.5. The fourth-order valence-electron chi connectivity index (χ4n) is 3.84. The molecule has 2 fully saturated rings. The van der Waals surface area contributed by atoms with Crippen LogP contribution in [0.15, 0.2) is 0 Å². The predicted octanol–water partition coefficient (Wildman–Crippen LogP) is 3.27. The normalized spacial score (nSPS) is 33.8. The summed E-state index contributed by atoms with van der Waals surface area (Å²) >= 11 is 0. The Kier molecular flexibility index (Phi) is 6.34. The Hall–Kier alpha value is -0.770. The Morgan fingerprint density at radius 1 is 1.14 bits per heavy atom. The second kappa shape index (κ2) is 8.02. The van der Waals surface area contributed by atoms with E-state index in [9.17, 15) is 4.79 Å². The third-order valence-corrected chi connectivity index (χ3v) is 4.90. The van der Waals surface area contributed by atoms with Crippen LogP contribution in [0.3, 0.4) is 0 Å². The number of likely N-dealkylation sites (tertiary alicyclic amines) is 1. The molecule has 21 heavy (non-hydrogen) atoms. The van der Waals surface area contributed by atoms with Gasteiger partial charge in [-0.15, -0.1) is 0 Å². The average Bonchev–Trinajstić information content (AvgIpc) is 2.44. The summed E-state index contributed by atoms with van der Waals surface area (Å²) in [6, 6.07) is 0.0775. The minimum Gasteiger partial charge on any atom is -0.376 e. The molecule has 4 heteroatoms. The van der Waals surface area contributed by atoms with Crippen molar-refractivity contribution in [1.82, 2.24) is 10.2 Å². The molecule has 122 valence electrons. The highest BCUT2D eigenvalue weighted by Crippen LogP contribution is 2.26. The first kappa shape index (κ1) is 16.6. The summed E-state index contributed by atoms with van der Waals surface area (Å²) < 4.78 is 5.94. The maximum absolute atomic E-state index is 12.2. The molecular formula is C17H32N2O2. The molecule has 4 unspecified atom stereocenters. The number of nitrogens with one attached hydrogen (secondary N) is 1. The topological polar surface area (TPSA) is 41.6 Å². The van der Waals surface area contributed by atoms with Gasteiger partial charge in [0.2, 0.25) is 0 Å². The van der Waals surface area contributed by atoms with Crippen molar-refractivity contribution in [2.24, 2.45) is 17.8 Å². The summed E-state index contributed by atoms with van der Waals surface area (Å²) in [4.78, 5) is 14.1. The van der Waals surface area contributed by atoms with Gasteiger partial charge >= 0.3 is 6.03 Å². The lowest BCUT2D eigenvalue weighted by molar-refractivity contribution is -0.00286. The molecule has 1 heterocycles. The maximum atomic E-state index is 12.2. The Bertz CT molecular complexity index is 325. The number of carbonyl (C=O) groups is 1. The fourth-order valence-corrected chi connectivity index (χ4v) is 3.84. The molecule has 4 atom stereocenters. The molecule has 0 bridgehead atoms. The molecule has 1 N–H and O–H groups in total. The van der Waals surface area contributed by atoms with Crippen LogP contribution < -0.4 is 5.32 Å². The van der Waals surface area contributed by atoms with Crippen LogP contribution in [0, 0.1) is 17.8 Å². The highest BCUT2D eigenvalue weighted by Gasteiger charge is 2.25. The van der Waals surface area contributed by atoms with Crippen molar-refractivity contribution in [2.75, 3.05) is 26.2 Å². The first-order valence-corrected chi connectivity index (χ1v) is 8.70. The van der Waals surface area contributed by atoms with E-state index >= 15 is 0 Å². The van der Waals surface area contributed by atoms with Crippen molar-refractivity contribution in [1.29, 1.82) is 0 Å². The van der Waals surface area contributed by atoms with Crippen molar-refractivity contribution in [3.8, 4) is 0 Å². The lowest BCUT2D eigenvalue weighted by atomic mass is 9.88. The van der Waals surface area contributed by atoms with Gasteiger partial charge in [-0.25, -0.2) is 4.79 Å². The van der Waals surface area contributed by atoms with E-state index in [2.05, 4.69) is 26.1 Å². The van der Waals surface area contributed by atoms with Gasteiger partial charge in [-0.2, -0.15) is 0 Å². The summed E-state index contributed by atoms with van der Waals surface area (Å²) in [6.45, 7) is 9.76. The Labute approximate surface area is 129 Å². The fraction of sp³-hybridized carbons (Fsp3) is 0.941. The summed E-state index contributed by atoms with van der Waals surface area (Å²) in [5.41, 5.74) is 0. The van der Waals surface area contributed by atoms with Crippen molar-refractivity contribution in [3.05, 3.63) is 0 Å². The Balaban J connectivity index is 1.62. The molecular weight excluding hydrogens is 264 g/mol. The zero-order valence-corrected chi connectivity index (χ0v) is 13.9. The number of piperidine rings is 1. The second-order valence-corrected chi connectivity index (χ2v) is 7.25. The first-order chi connectivity index (χ1) is 10.1. The summed E-state index contributed by atoms with van der Waals surface area (Å²) in [5.74, 6) is 1.89. The SMILES string of the molecule is CC1CC(C)CN(C(=O)NCCOC2CCCCC2C)C1. The monoisotopic (exact) mass is 296 g/mol. The zero-order valence-electron chi connectivity index (χ0n) is 13.9. The van der Waals surface area contributed by atoms with E-state index in [0.29, 0.717) is 37.0 Å². The standard InChI is InChI=1S/C17H32N2O2/c1-13-10-14(2)12-19(11-13)17(20)18-8-9-21-16-7-5-4-6-15(16)3/h13-16H,4-12H2,1-3H3,(H,18,20). The van der Waals surface area contributed by atoms with Gasteiger partial charge in [-0.1, -0.05) is 33.6 Å². The van der Waals surface area contributed by atoms with Gasteiger partial charge in [-0.3, -0.25) is 0 Å². The van der Waals surface area contributed by atoms with Gasteiger partial charge in [0.15, 0.2) is 0 Å². The third kappa shape index (κ3) is 5.17. The summed E-state index contributed by atoms with van der Waals surface area (Å²) in [6.07, 6.45) is 6.70. The van der Waals surface area contributed by atoms with Crippen molar-refractivity contribution in [3.63, 3.8) is 0 Å². The van der Waals surface area contributed by atoms with E-state index in [-0.39, 0.29) is 6.03 Å².